The Morgan fingerprint density at radius 2 is 1.75 bits per heavy atom. The topological polar surface area (TPSA) is 46.3 Å². The summed E-state index contributed by atoms with van der Waals surface area (Å²) in [6.45, 7) is 13.9. The van der Waals surface area contributed by atoms with Gasteiger partial charge in [-0.15, -0.1) is 0 Å². The van der Waals surface area contributed by atoms with Crippen LogP contribution in [0.15, 0.2) is 0 Å². The standard InChI is InChI=1S/C17H34N2O/c1-13-10-14(2)12-19(11-13)16(20)7-6-15(8-9-18)17(3,4)5/h13-15H,6-12,18H2,1-5H3. The van der Waals surface area contributed by atoms with E-state index in [1.54, 1.807) is 0 Å². The highest BCUT2D eigenvalue weighted by atomic mass is 16.2. The Labute approximate surface area is 125 Å². The molecule has 1 heterocycles. The molecule has 0 radical (unpaired) electrons. The Morgan fingerprint density at radius 1 is 1.20 bits per heavy atom. The van der Waals surface area contributed by atoms with Crippen molar-refractivity contribution in [2.75, 3.05) is 19.6 Å². The van der Waals surface area contributed by atoms with Gasteiger partial charge in [0.15, 0.2) is 0 Å². The van der Waals surface area contributed by atoms with Crippen molar-refractivity contribution in [3.8, 4) is 0 Å². The minimum absolute atomic E-state index is 0.238. The maximum Gasteiger partial charge on any atom is 0.222 e. The monoisotopic (exact) mass is 282 g/mol. The van der Waals surface area contributed by atoms with Gasteiger partial charge in [0, 0.05) is 19.5 Å². The van der Waals surface area contributed by atoms with E-state index < -0.39 is 0 Å². The molecule has 0 bridgehead atoms. The molecule has 0 aromatic heterocycles. The summed E-state index contributed by atoms with van der Waals surface area (Å²) in [5.41, 5.74) is 5.95. The normalized spacial score (nSPS) is 25.6. The second-order valence-electron chi connectivity index (χ2n) is 7.92. The second-order valence-corrected chi connectivity index (χ2v) is 7.92. The summed E-state index contributed by atoms with van der Waals surface area (Å²) in [5.74, 6) is 2.17. The van der Waals surface area contributed by atoms with Crippen LogP contribution in [0.4, 0.5) is 0 Å². The molecule has 0 spiro atoms. The lowest BCUT2D eigenvalue weighted by molar-refractivity contribution is -0.134. The van der Waals surface area contributed by atoms with Gasteiger partial charge in [0.1, 0.15) is 0 Å². The van der Waals surface area contributed by atoms with Gasteiger partial charge in [0.2, 0.25) is 5.91 Å². The van der Waals surface area contributed by atoms with Gasteiger partial charge in [-0.3, -0.25) is 4.79 Å². The second kappa shape index (κ2) is 7.44. The number of rotatable bonds is 5. The molecule has 1 aliphatic rings. The van der Waals surface area contributed by atoms with Crippen molar-refractivity contribution >= 4 is 5.91 Å². The van der Waals surface area contributed by atoms with Crippen molar-refractivity contribution in [2.45, 2.75) is 60.3 Å². The van der Waals surface area contributed by atoms with Crippen LogP contribution in [0.2, 0.25) is 0 Å². The fourth-order valence-corrected chi connectivity index (χ4v) is 3.53. The fourth-order valence-electron chi connectivity index (χ4n) is 3.53. The third-order valence-corrected chi connectivity index (χ3v) is 4.67. The average molecular weight is 282 g/mol. The Bertz CT molecular complexity index is 299. The van der Waals surface area contributed by atoms with Crippen LogP contribution in [0, 0.1) is 23.2 Å². The number of carbonyl (C=O) groups is 1. The third-order valence-electron chi connectivity index (χ3n) is 4.67. The van der Waals surface area contributed by atoms with Crippen LogP contribution in [-0.2, 0) is 4.79 Å². The number of hydrogen-bond acceptors (Lipinski definition) is 2. The molecular formula is C17H34N2O. The lowest BCUT2D eigenvalue weighted by Crippen LogP contribution is -2.42. The minimum atomic E-state index is 0.238. The minimum Gasteiger partial charge on any atom is -0.342 e. The van der Waals surface area contributed by atoms with E-state index >= 15 is 0 Å². The fraction of sp³-hybridized carbons (Fsp3) is 0.941. The van der Waals surface area contributed by atoms with Crippen LogP contribution in [0.3, 0.4) is 0 Å². The van der Waals surface area contributed by atoms with E-state index in [0.29, 0.717) is 36.6 Å². The third kappa shape index (κ3) is 5.43. The van der Waals surface area contributed by atoms with E-state index in [1.807, 2.05) is 0 Å². The van der Waals surface area contributed by atoms with Gasteiger partial charge >= 0.3 is 0 Å². The molecular weight excluding hydrogens is 248 g/mol. The number of nitrogens with zero attached hydrogens (tertiary/aromatic N) is 1. The van der Waals surface area contributed by atoms with Crippen LogP contribution < -0.4 is 5.73 Å². The van der Waals surface area contributed by atoms with Gasteiger partial charge in [0.05, 0.1) is 0 Å². The number of likely N-dealkylation sites (tertiary alicyclic amines) is 1. The molecule has 20 heavy (non-hydrogen) atoms. The van der Waals surface area contributed by atoms with E-state index in [0.717, 1.165) is 25.9 Å². The number of piperidine rings is 1. The number of nitrogens with two attached hydrogens (primary N) is 1. The van der Waals surface area contributed by atoms with Gasteiger partial charge in [-0.25, -0.2) is 0 Å². The molecule has 1 amide bonds. The first-order valence-electron chi connectivity index (χ1n) is 8.21. The molecule has 3 atom stereocenters. The highest BCUT2D eigenvalue weighted by molar-refractivity contribution is 5.76. The molecule has 1 aliphatic heterocycles. The maximum atomic E-state index is 12.4. The van der Waals surface area contributed by atoms with Crippen molar-refractivity contribution in [1.82, 2.24) is 4.90 Å². The summed E-state index contributed by atoms with van der Waals surface area (Å²) in [6, 6.07) is 0. The first kappa shape index (κ1) is 17.5. The van der Waals surface area contributed by atoms with Gasteiger partial charge in [-0.1, -0.05) is 34.6 Å². The Kier molecular flexibility index (Phi) is 6.50. The summed E-state index contributed by atoms with van der Waals surface area (Å²) in [4.78, 5) is 14.5. The van der Waals surface area contributed by atoms with Crippen LogP contribution in [-0.4, -0.2) is 30.4 Å². The zero-order valence-corrected chi connectivity index (χ0v) is 14.1. The van der Waals surface area contributed by atoms with Crippen molar-refractivity contribution in [1.29, 1.82) is 0 Å². The molecule has 0 aromatic carbocycles. The number of amides is 1. The lowest BCUT2D eigenvalue weighted by Gasteiger charge is -2.36. The SMILES string of the molecule is CC1CC(C)CN(C(=O)CCC(CCN)C(C)(C)C)C1. The first-order valence-corrected chi connectivity index (χ1v) is 8.21. The highest BCUT2D eigenvalue weighted by Crippen LogP contribution is 2.32. The summed E-state index contributed by atoms with van der Waals surface area (Å²) < 4.78 is 0. The van der Waals surface area contributed by atoms with Crippen LogP contribution >= 0.6 is 0 Å². The molecule has 1 rings (SSSR count). The molecule has 1 saturated heterocycles. The number of hydrogen-bond donors (Lipinski definition) is 1. The summed E-state index contributed by atoms with van der Waals surface area (Å²) in [5, 5.41) is 0. The smallest absolute Gasteiger partial charge is 0.222 e. The van der Waals surface area contributed by atoms with E-state index in [4.69, 9.17) is 5.73 Å². The Morgan fingerprint density at radius 3 is 2.20 bits per heavy atom. The van der Waals surface area contributed by atoms with E-state index in [-0.39, 0.29) is 5.41 Å². The van der Waals surface area contributed by atoms with Crippen molar-refractivity contribution in [3.05, 3.63) is 0 Å². The zero-order chi connectivity index (χ0) is 15.3. The quantitative estimate of drug-likeness (QED) is 0.841. The van der Waals surface area contributed by atoms with Crippen LogP contribution in [0.1, 0.15) is 60.3 Å². The molecule has 0 aromatic rings. The predicted octanol–water partition coefficient (Wildman–Crippen LogP) is 3.28. The molecule has 0 saturated carbocycles. The first-order chi connectivity index (χ1) is 9.24. The van der Waals surface area contributed by atoms with Crippen molar-refractivity contribution in [2.24, 2.45) is 28.9 Å². The maximum absolute atomic E-state index is 12.4. The predicted molar refractivity (Wildman–Crippen MR) is 85.4 cm³/mol. The number of carbonyl (C=O) groups excluding carboxylic acids is 1. The van der Waals surface area contributed by atoms with Gasteiger partial charge in [-0.05, 0) is 49.0 Å². The van der Waals surface area contributed by atoms with Crippen LogP contribution in [0.5, 0.6) is 0 Å². The zero-order valence-electron chi connectivity index (χ0n) is 14.1. The Hall–Kier alpha value is -0.570. The summed E-state index contributed by atoms with van der Waals surface area (Å²) in [7, 11) is 0. The average Bonchev–Trinajstić information content (AvgIpc) is 2.31. The van der Waals surface area contributed by atoms with E-state index in [9.17, 15) is 4.79 Å². The van der Waals surface area contributed by atoms with Crippen molar-refractivity contribution in [3.63, 3.8) is 0 Å². The van der Waals surface area contributed by atoms with Gasteiger partial charge in [0.25, 0.3) is 0 Å². The molecule has 3 nitrogen and oxygen atoms in total. The molecule has 1 fully saturated rings. The molecule has 0 aliphatic carbocycles. The molecule has 2 N–H and O–H groups in total. The van der Waals surface area contributed by atoms with E-state index in [2.05, 4.69) is 39.5 Å². The van der Waals surface area contributed by atoms with Crippen LogP contribution in [0.25, 0.3) is 0 Å². The molecule has 118 valence electrons. The summed E-state index contributed by atoms with van der Waals surface area (Å²) in [6.07, 6.45) is 3.92. The Balaban J connectivity index is 2.48. The largest absolute Gasteiger partial charge is 0.342 e. The lowest BCUT2D eigenvalue weighted by atomic mass is 9.76. The molecule has 3 unspecified atom stereocenters. The molecule has 3 heteroatoms. The van der Waals surface area contributed by atoms with Gasteiger partial charge in [-0.2, -0.15) is 0 Å². The van der Waals surface area contributed by atoms with Crippen molar-refractivity contribution < 1.29 is 4.79 Å². The van der Waals surface area contributed by atoms with E-state index in [1.165, 1.54) is 6.42 Å². The summed E-state index contributed by atoms with van der Waals surface area (Å²) >= 11 is 0. The van der Waals surface area contributed by atoms with Gasteiger partial charge < -0.3 is 10.6 Å². The highest BCUT2D eigenvalue weighted by Gasteiger charge is 2.28.